The summed E-state index contributed by atoms with van der Waals surface area (Å²) in [6.45, 7) is 9.69. The molecule has 100 valence electrons. The highest BCUT2D eigenvalue weighted by molar-refractivity contribution is 7.81. The number of carbonyl (C=O) groups excluding carboxylic acids is 1. The first-order valence-corrected chi connectivity index (χ1v) is 7.23. The quantitative estimate of drug-likeness (QED) is 0.714. The van der Waals surface area contributed by atoms with Crippen molar-refractivity contribution < 1.29 is 4.79 Å². The fourth-order valence-electron chi connectivity index (χ4n) is 2.20. The monoisotopic (exact) mass is 258 g/mol. The Morgan fingerprint density at radius 2 is 1.88 bits per heavy atom. The van der Waals surface area contributed by atoms with Crippen LogP contribution in [0.1, 0.15) is 40.0 Å². The Balaban J connectivity index is 2.34. The van der Waals surface area contributed by atoms with E-state index in [2.05, 4.69) is 36.7 Å². The summed E-state index contributed by atoms with van der Waals surface area (Å²) < 4.78 is 0. The molecule has 0 radical (unpaired) electrons. The van der Waals surface area contributed by atoms with Crippen LogP contribution in [-0.2, 0) is 4.79 Å². The first-order chi connectivity index (χ1) is 8.00. The minimum atomic E-state index is -0.219. The van der Waals surface area contributed by atoms with Crippen molar-refractivity contribution in [1.82, 2.24) is 10.2 Å². The van der Waals surface area contributed by atoms with Gasteiger partial charge in [0.1, 0.15) is 0 Å². The van der Waals surface area contributed by atoms with Gasteiger partial charge in [0.05, 0.1) is 5.25 Å². The summed E-state index contributed by atoms with van der Waals surface area (Å²) in [7, 11) is 0. The lowest BCUT2D eigenvalue weighted by atomic mass is 10.0. The second-order valence-electron chi connectivity index (χ2n) is 5.37. The van der Waals surface area contributed by atoms with Crippen LogP contribution in [-0.4, -0.2) is 41.7 Å². The Bertz CT molecular complexity index is 238. The zero-order valence-electron chi connectivity index (χ0n) is 11.3. The molecule has 0 bridgehead atoms. The first kappa shape index (κ1) is 14.8. The molecule has 1 amide bonds. The molecule has 1 N–H and O–H groups in total. The van der Waals surface area contributed by atoms with Crippen LogP contribution < -0.4 is 5.32 Å². The summed E-state index contributed by atoms with van der Waals surface area (Å²) >= 11 is 4.17. The van der Waals surface area contributed by atoms with Crippen LogP contribution in [0.4, 0.5) is 0 Å². The Hall–Kier alpha value is -0.220. The van der Waals surface area contributed by atoms with Crippen LogP contribution in [0, 0.1) is 5.92 Å². The first-order valence-electron chi connectivity index (χ1n) is 6.71. The number of likely N-dealkylation sites (tertiary alicyclic amines) is 1. The van der Waals surface area contributed by atoms with Crippen molar-refractivity contribution in [3.63, 3.8) is 0 Å². The molecule has 1 fully saturated rings. The van der Waals surface area contributed by atoms with Gasteiger partial charge in [-0.15, -0.1) is 0 Å². The van der Waals surface area contributed by atoms with E-state index in [1.165, 1.54) is 25.9 Å². The summed E-state index contributed by atoms with van der Waals surface area (Å²) in [5.41, 5.74) is 0. The summed E-state index contributed by atoms with van der Waals surface area (Å²) in [6.07, 6.45) is 3.70. The van der Waals surface area contributed by atoms with Gasteiger partial charge in [0.25, 0.3) is 0 Å². The van der Waals surface area contributed by atoms with Crippen molar-refractivity contribution in [3.05, 3.63) is 0 Å². The lowest BCUT2D eigenvalue weighted by Crippen LogP contribution is -2.43. The van der Waals surface area contributed by atoms with Crippen molar-refractivity contribution in [1.29, 1.82) is 0 Å². The predicted molar refractivity (Wildman–Crippen MR) is 75.5 cm³/mol. The number of hydrogen-bond donors (Lipinski definition) is 2. The van der Waals surface area contributed by atoms with Gasteiger partial charge < -0.3 is 10.2 Å². The number of thiol groups is 1. The van der Waals surface area contributed by atoms with Gasteiger partial charge in [-0.1, -0.05) is 13.8 Å². The lowest BCUT2D eigenvalue weighted by molar-refractivity contribution is -0.121. The average molecular weight is 258 g/mol. The van der Waals surface area contributed by atoms with Gasteiger partial charge in [-0.25, -0.2) is 0 Å². The molecule has 0 aromatic heterocycles. The summed E-state index contributed by atoms with van der Waals surface area (Å²) in [4.78, 5) is 14.1. The van der Waals surface area contributed by atoms with Crippen molar-refractivity contribution in [3.8, 4) is 0 Å². The molecule has 1 aliphatic rings. The molecule has 0 spiro atoms. The van der Waals surface area contributed by atoms with Crippen molar-refractivity contribution in [2.75, 3.05) is 19.6 Å². The van der Waals surface area contributed by atoms with E-state index >= 15 is 0 Å². The normalized spacial score (nSPS) is 20.5. The third kappa shape index (κ3) is 5.30. The number of amides is 1. The smallest absolute Gasteiger partial charge is 0.232 e. The molecular formula is C13H26N2OS. The second-order valence-corrected chi connectivity index (χ2v) is 6.15. The number of nitrogens with one attached hydrogen (secondary N) is 1. The van der Waals surface area contributed by atoms with E-state index < -0.39 is 0 Å². The molecule has 1 saturated heterocycles. The van der Waals surface area contributed by atoms with Crippen LogP contribution in [0.25, 0.3) is 0 Å². The van der Waals surface area contributed by atoms with Crippen molar-refractivity contribution >= 4 is 18.5 Å². The molecule has 1 unspecified atom stereocenters. The molecule has 17 heavy (non-hydrogen) atoms. The molecule has 1 heterocycles. The van der Waals surface area contributed by atoms with E-state index in [1.54, 1.807) is 0 Å². The molecule has 2 atom stereocenters. The highest BCUT2D eigenvalue weighted by Gasteiger charge is 2.20. The minimum absolute atomic E-state index is 0.0495. The summed E-state index contributed by atoms with van der Waals surface area (Å²) in [5.74, 6) is 0.530. The van der Waals surface area contributed by atoms with Crippen LogP contribution in [0.2, 0.25) is 0 Å². The maximum Gasteiger partial charge on any atom is 0.232 e. The van der Waals surface area contributed by atoms with E-state index in [4.69, 9.17) is 0 Å². The number of nitrogens with zero attached hydrogens (tertiary/aromatic N) is 1. The Morgan fingerprint density at radius 1 is 1.29 bits per heavy atom. The third-order valence-electron chi connectivity index (χ3n) is 3.47. The number of hydrogen-bond acceptors (Lipinski definition) is 3. The minimum Gasteiger partial charge on any atom is -0.352 e. The topological polar surface area (TPSA) is 32.3 Å². The largest absolute Gasteiger partial charge is 0.352 e. The number of carbonyl (C=O) groups is 1. The number of rotatable bonds is 6. The zero-order chi connectivity index (χ0) is 12.8. The van der Waals surface area contributed by atoms with E-state index in [0.29, 0.717) is 5.92 Å². The molecule has 0 saturated carbocycles. The van der Waals surface area contributed by atoms with Crippen LogP contribution in [0.15, 0.2) is 0 Å². The molecule has 4 heteroatoms. The van der Waals surface area contributed by atoms with Gasteiger partial charge in [0.15, 0.2) is 0 Å². The van der Waals surface area contributed by atoms with Crippen LogP contribution in [0.5, 0.6) is 0 Å². The molecule has 1 rings (SSSR count). The second kappa shape index (κ2) is 7.27. The molecule has 0 aromatic carbocycles. The van der Waals surface area contributed by atoms with Crippen molar-refractivity contribution in [2.45, 2.75) is 51.3 Å². The summed E-state index contributed by atoms with van der Waals surface area (Å²) in [6, 6.07) is 0.276. The fraction of sp³-hybridized carbons (Fsp3) is 0.923. The Labute approximate surface area is 111 Å². The van der Waals surface area contributed by atoms with Crippen molar-refractivity contribution in [2.24, 2.45) is 5.92 Å². The van der Waals surface area contributed by atoms with Gasteiger partial charge in [-0.2, -0.15) is 12.6 Å². The molecule has 1 aliphatic heterocycles. The van der Waals surface area contributed by atoms with Gasteiger partial charge in [0.2, 0.25) is 5.91 Å². The zero-order valence-corrected chi connectivity index (χ0v) is 12.2. The highest BCUT2D eigenvalue weighted by Crippen LogP contribution is 2.12. The predicted octanol–water partition coefficient (Wildman–Crippen LogP) is 1.93. The average Bonchev–Trinajstić information content (AvgIpc) is 2.75. The molecule has 0 aliphatic carbocycles. The molecule has 3 nitrogen and oxygen atoms in total. The van der Waals surface area contributed by atoms with E-state index in [-0.39, 0.29) is 17.2 Å². The van der Waals surface area contributed by atoms with Gasteiger partial charge in [-0.05, 0) is 45.2 Å². The summed E-state index contributed by atoms with van der Waals surface area (Å²) in [5, 5.41) is 2.88. The maximum absolute atomic E-state index is 11.7. The SMILES string of the molecule is CC(S)C(=O)N[C@H](CCN1CCCC1)C(C)C. The Morgan fingerprint density at radius 3 is 2.35 bits per heavy atom. The lowest BCUT2D eigenvalue weighted by Gasteiger charge is -2.25. The van der Waals surface area contributed by atoms with Gasteiger partial charge >= 0.3 is 0 Å². The van der Waals surface area contributed by atoms with E-state index in [9.17, 15) is 4.79 Å². The highest BCUT2D eigenvalue weighted by atomic mass is 32.1. The molecule has 0 aromatic rings. The maximum atomic E-state index is 11.7. The Kier molecular flexibility index (Phi) is 6.34. The standard InChI is InChI=1S/C13H26N2OS/c1-10(2)12(14-13(16)11(3)17)6-9-15-7-4-5-8-15/h10-12,17H,4-9H2,1-3H3,(H,14,16)/t11?,12-/m1/s1. The third-order valence-corrected chi connectivity index (χ3v) is 3.70. The van der Waals surface area contributed by atoms with E-state index in [0.717, 1.165) is 13.0 Å². The molecular weight excluding hydrogens is 232 g/mol. The van der Waals surface area contributed by atoms with Gasteiger partial charge in [0, 0.05) is 12.6 Å². The van der Waals surface area contributed by atoms with Gasteiger partial charge in [-0.3, -0.25) is 4.79 Å². The fourth-order valence-corrected chi connectivity index (χ4v) is 2.28. The van der Waals surface area contributed by atoms with Crippen LogP contribution in [0.3, 0.4) is 0 Å². The van der Waals surface area contributed by atoms with E-state index in [1.807, 2.05) is 6.92 Å². The van der Waals surface area contributed by atoms with Crippen LogP contribution >= 0.6 is 12.6 Å².